The van der Waals surface area contributed by atoms with Gasteiger partial charge in [-0.1, -0.05) is 6.07 Å². The van der Waals surface area contributed by atoms with Crippen LogP contribution in [0.2, 0.25) is 0 Å². The first kappa shape index (κ1) is 22.1. The summed E-state index contributed by atoms with van der Waals surface area (Å²) in [6.07, 6.45) is 3.76. The molecule has 2 atom stereocenters. The molecule has 32 heavy (non-hydrogen) atoms. The number of aromatic nitrogens is 3. The topological polar surface area (TPSA) is 110 Å². The van der Waals surface area contributed by atoms with Crippen molar-refractivity contribution in [2.75, 3.05) is 17.2 Å². The van der Waals surface area contributed by atoms with Crippen LogP contribution in [0.25, 0.3) is 0 Å². The molecule has 0 spiro atoms. The largest absolute Gasteiger partial charge is 0.446 e. The van der Waals surface area contributed by atoms with Crippen LogP contribution in [-0.4, -0.2) is 39.4 Å². The van der Waals surface area contributed by atoms with Gasteiger partial charge in [0.15, 0.2) is 0 Å². The second-order valence-corrected chi connectivity index (χ2v) is 9.54. The zero-order chi connectivity index (χ0) is 22.7. The third-order valence-electron chi connectivity index (χ3n) is 5.81. The minimum Gasteiger partial charge on any atom is -0.446 e. The van der Waals surface area contributed by atoms with E-state index in [1.54, 1.807) is 6.07 Å². The van der Waals surface area contributed by atoms with Crippen LogP contribution >= 0.6 is 0 Å². The first-order chi connectivity index (χ1) is 15.3. The Balaban J connectivity index is 1.63. The molecule has 2 aromatic heterocycles. The maximum atomic E-state index is 12.3. The molecule has 0 radical (unpaired) electrons. The van der Waals surface area contributed by atoms with Crippen molar-refractivity contribution in [1.29, 1.82) is 0 Å². The van der Waals surface area contributed by atoms with Gasteiger partial charge in [-0.25, -0.2) is 14.5 Å². The fourth-order valence-corrected chi connectivity index (χ4v) is 4.22. The molecule has 2 aromatic rings. The van der Waals surface area contributed by atoms with E-state index in [2.05, 4.69) is 47.8 Å². The highest BCUT2D eigenvalue weighted by molar-refractivity contribution is 5.89. The van der Waals surface area contributed by atoms with E-state index < -0.39 is 0 Å². The minimum atomic E-state index is -0.388. The Labute approximate surface area is 188 Å². The zero-order valence-electron chi connectivity index (χ0n) is 19.0. The van der Waals surface area contributed by atoms with Gasteiger partial charge in [0.05, 0.1) is 11.2 Å². The number of carbonyl (C=O) groups excluding carboxylic acids is 2. The quantitative estimate of drug-likeness (QED) is 0.565. The van der Waals surface area contributed by atoms with E-state index in [1.807, 2.05) is 16.8 Å². The van der Waals surface area contributed by atoms with Crippen molar-refractivity contribution >= 4 is 29.5 Å². The summed E-state index contributed by atoms with van der Waals surface area (Å²) >= 11 is 0. The molecule has 1 aliphatic carbocycles. The number of fused-ring (bicyclic) bond motifs is 7. The van der Waals surface area contributed by atoms with Crippen LogP contribution in [0.1, 0.15) is 70.9 Å². The number of amides is 2. The highest BCUT2D eigenvalue weighted by atomic mass is 16.6. The summed E-state index contributed by atoms with van der Waals surface area (Å²) in [7, 11) is 0. The maximum Gasteiger partial charge on any atom is 0.407 e. The fraction of sp³-hybridized carbons (Fsp3) is 0.565. The Morgan fingerprint density at radius 3 is 2.66 bits per heavy atom. The van der Waals surface area contributed by atoms with Gasteiger partial charge in [0.25, 0.3) is 0 Å². The van der Waals surface area contributed by atoms with Gasteiger partial charge < -0.3 is 20.7 Å². The lowest BCUT2D eigenvalue weighted by Crippen LogP contribution is -2.29. The number of pyridine rings is 1. The summed E-state index contributed by atoms with van der Waals surface area (Å²) in [4.78, 5) is 29.0. The van der Waals surface area contributed by atoms with Crippen LogP contribution in [0.5, 0.6) is 0 Å². The molecule has 3 heterocycles. The number of nitrogens with one attached hydrogen (secondary N) is 3. The number of carbonyl (C=O) groups is 2. The molecule has 0 unspecified atom stereocenters. The monoisotopic (exact) mass is 440 g/mol. The van der Waals surface area contributed by atoms with Crippen LogP contribution in [0.4, 0.5) is 22.2 Å². The number of hydrogen-bond acceptors (Lipinski definition) is 6. The lowest BCUT2D eigenvalue weighted by atomic mass is 10.0. The molecular formula is C23H32N6O3. The summed E-state index contributed by atoms with van der Waals surface area (Å²) in [6.45, 7) is 6.78. The van der Waals surface area contributed by atoms with Gasteiger partial charge in [-0.2, -0.15) is 5.10 Å². The lowest BCUT2D eigenvalue weighted by molar-refractivity contribution is -0.116. The van der Waals surface area contributed by atoms with Crippen molar-refractivity contribution in [3.8, 4) is 0 Å². The van der Waals surface area contributed by atoms with Crippen LogP contribution in [-0.2, 0) is 15.1 Å². The Morgan fingerprint density at radius 2 is 1.88 bits per heavy atom. The molecule has 172 valence electrons. The molecule has 2 aliphatic rings. The molecule has 4 rings (SSSR count). The SMILES string of the molecule is CC(C)(C)n1nc2cc1Nc1cccc(n1)NC(=O)CCCCNC(=O)O[C@@H]1CC[C@H]2C1. The van der Waals surface area contributed by atoms with Crippen LogP contribution < -0.4 is 16.0 Å². The summed E-state index contributed by atoms with van der Waals surface area (Å²) in [5.41, 5.74) is 0.744. The molecule has 0 saturated heterocycles. The molecule has 0 aromatic carbocycles. The third-order valence-corrected chi connectivity index (χ3v) is 5.81. The van der Waals surface area contributed by atoms with Gasteiger partial charge in [0, 0.05) is 24.9 Å². The van der Waals surface area contributed by atoms with E-state index >= 15 is 0 Å². The number of alkyl carbamates (subject to hydrolysis) is 1. The third kappa shape index (κ3) is 5.38. The van der Waals surface area contributed by atoms with E-state index in [4.69, 9.17) is 9.84 Å². The number of hydrogen-bond donors (Lipinski definition) is 3. The average Bonchev–Trinajstić information content (AvgIpc) is 3.34. The molecule has 3 N–H and O–H groups in total. The first-order valence-corrected chi connectivity index (χ1v) is 11.4. The van der Waals surface area contributed by atoms with Gasteiger partial charge in [-0.05, 0) is 65.0 Å². The summed E-state index contributed by atoms with van der Waals surface area (Å²) < 4.78 is 7.58. The van der Waals surface area contributed by atoms with Crippen LogP contribution in [0, 0.1) is 0 Å². The number of nitrogens with zero attached hydrogens (tertiary/aromatic N) is 3. The summed E-state index contributed by atoms with van der Waals surface area (Å²) in [6, 6.07) is 7.56. The van der Waals surface area contributed by atoms with E-state index in [9.17, 15) is 9.59 Å². The lowest BCUT2D eigenvalue weighted by Gasteiger charge is -2.22. The van der Waals surface area contributed by atoms with Gasteiger partial charge >= 0.3 is 6.09 Å². The van der Waals surface area contributed by atoms with Crippen molar-refractivity contribution in [1.82, 2.24) is 20.1 Å². The van der Waals surface area contributed by atoms with E-state index in [1.165, 1.54) is 0 Å². The first-order valence-electron chi connectivity index (χ1n) is 11.4. The Kier molecular flexibility index (Phi) is 6.34. The fourth-order valence-electron chi connectivity index (χ4n) is 4.22. The van der Waals surface area contributed by atoms with Gasteiger partial charge in [-0.15, -0.1) is 0 Å². The molecule has 1 saturated carbocycles. The summed E-state index contributed by atoms with van der Waals surface area (Å²) in [5.74, 6) is 2.11. The molecule has 9 heteroatoms. The van der Waals surface area contributed by atoms with Gasteiger partial charge in [-0.3, -0.25) is 4.79 Å². The second-order valence-electron chi connectivity index (χ2n) is 9.54. The molecule has 1 fully saturated rings. The Hall–Kier alpha value is -3.10. The highest BCUT2D eigenvalue weighted by Crippen LogP contribution is 2.37. The summed E-state index contributed by atoms with van der Waals surface area (Å²) in [5, 5.41) is 13.9. The van der Waals surface area contributed by atoms with Crippen molar-refractivity contribution < 1.29 is 14.3 Å². The molecular weight excluding hydrogens is 408 g/mol. The Morgan fingerprint density at radius 1 is 1.09 bits per heavy atom. The van der Waals surface area contributed by atoms with E-state index in [0.717, 1.165) is 30.8 Å². The van der Waals surface area contributed by atoms with E-state index in [-0.39, 0.29) is 29.6 Å². The second kappa shape index (κ2) is 9.18. The van der Waals surface area contributed by atoms with E-state index in [0.29, 0.717) is 37.4 Å². The maximum absolute atomic E-state index is 12.3. The molecule has 1 aliphatic heterocycles. The standard InChI is InChI=1S/C23H32N6O3/c1-23(2,3)29-20-14-17(28-29)15-10-11-16(13-15)32-22(31)24-12-5-4-9-21(30)27-19-8-6-7-18(25-19)26-20/h6-8,14-16H,4-5,9-13H2,1-3H3,(H,24,31)(H2,25,26,27,30)/t15-,16+/m0/s1. The van der Waals surface area contributed by atoms with Crippen LogP contribution in [0.3, 0.4) is 0 Å². The smallest absolute Gasteiger partial charge is 0.407 e. The predicted molar refractivity (Wildman–Crippen MR) is 122 cm³/mol. The number of rotatable bonds is 0. The van der Waals surface area contributed by atoms with Crippen molar-refractivity contribution in [2.24, 2.45) is 0 Å². The van der Waals surface area contributed by atoms with Crippen LogP contribution in [0.15, 0.2) is 24.3 Å². The molecule has 6 bridgehead atoms. The van der Waals surface area contributed by atoms with Gasteiger partial charge in [0.1, 0.15) is 23.6 Å². The molecule has 2 amide bonds. The number of ether oxygens (including phenoxy) is 1. The van der Waals surface area contributed by atoms with Crippen molar-refractivity contribution in [2.45, 2.75) is 76.9 Å². The predicted octanol–water partition coefficient (Wildman–Crippen LogP) is 4.26. The highest BCUT2D eigenvalue weighted by Gasteiger charge is 2.32. The minimum absolute atomic E-state index is 0.102. The van der Waals surface area contributed by atoms with Gasteiger partial charge in [0.2, 0.25) is 5.91 Å². The van der Waals surface area contributed by atoms with Crippen molar-refractivity contribution in [3.63, 3.8) is 0 Å². The van der Waals surface area contributed by atoms with Crippen molar-refractivity contribution in [3.05, 3.63) is 30.0 Å². The average molecular weight is 441 g/mol. The molecule has 9 nitrogen and oxygen atoms in total. The number of anilines is 3. The normalized spacial score (nSPS) is 22.5. The Bertz CT molecular complexity index is 980. The zero-order valence-corrected chi connectivity index (χ0v) is 19.0.